The number of nitro benzene ring substituents is 1. The molecule has 16 heteroatoms. The number of nitro groups is 1. The average Bonchev–Trinajstić information content (AvgIpc) is 3.47. The molecule has 1 aliphatic rings. The maximum absolute atomic E-state index is 13.3. The minimum absolute atomic E-state index is 0.128. The van der Waals surface area contributed by atoms with Crippen molar-refractivity contribution in [1.29, 1.82) is 0 Å². The van der Waals surface area contributed by atoms with Gasteiger partial charge >= 0.3 is 5.97 Å². The Balaban J connectivity index is 1.99. The summed E-state index contributed by atoms with van der Waals surface area (Å²) in [5.41, 5.74) is 0.201. The van der Waals surface area contributed by atoms with Crippen LogP contribution in [-0.2, 0) is 33.5 Å². The number of nitrogens with one attached hydrogen (secondary N) is 4. The third kappa shape index (κ3) is 10.9. The van der Waals surface area contributed by atoms with Gasteiger partial charge in [-0.05, 0) is 57.3 Å². The van der Waals surface area contributed by atoms with Crippen LogP contribution in [0.2, 0.25) is 0 Å². The van der Waals surface area contributed by atoms with Crippen molar-refractivity contribution in [1.82, 2.24) is 20.9 Å². The summed E-state index contributed by atoms with van der Waals surface area (Å²) in [6.07, 6.45) is 2.77. The molecule has 4 atom stereocenters. The van der Waals surface area contributed by atoms with Crippen LogP contribution in [0.5, 0.6) is 0 Å². The zero-order chi connectivity index (χ0) is 32.1. The topological polar surface area (TPSA) is 206 Å². The molecule has 2 rings (SSSR count). The summed E-state index contributed by atoms with van der Waals surface area (Å²) in [7, 11) is 1.20. The van der Waals surface area contributed by atoms with Crippen LogP contribution in [0.3, 0.4) is 0 Å². The first-order valence-corrected chi connectivity index (χ1v) is 15.1. The van der Waals surface area contributed by atoms with Gasteiger partial charge in [-0.25, -0.2) is 0 Å². The fourth-order valence-corrected chi connectivity index (χ4v) is 4.79. The van der Waals surface area contributed by atoms with Gasteiger partial charge in [0.15, 0.2) is 0 Å². The minimum atomic E-state index is -1.01. The maximum Gasteiger partial charge on any atom is 0.306 e. The van der Waals surface area contributed by atoms with Gasteiger partial charge in [0.1, 0.15) is 24.2 Å². The molecule has 1 saturated heterocycles. The normalized spacial score (nSPS) is 16.3. The van der Waals surface area contributed by atoms with Crippen molar-refractivity contribution < 1.29 is 38.4 Å². The molecule has 1 aromatic rings. The molecule has 236 valence electrons. The monoisotopic (exact) mass is 622 g/mol. The number of hydrogen-bond donors (Lipinski definition) is 4. The van der Waals surface area contributed by atoms with E-state index in [1.807, 2.05) is 6.26 Å². The average molecular weight is 623 g/mol. The molecule has 1 aromatic carbocycles. The Labute approximate surface area is 253 Å². The van der Waals surface area contributed by atoms with Crippen LogP contribution in [-0.4, -0.2) is 95.2 Å². The summed E-state index contributed by atoms with van der Waals surface area (Å²) in [5, 5.41) is 21.3. The van der Waals surface area contributed by atoms with Crippen molar-refractivity contribution in [3.8, 4) is 0 Å². The van der Waals surface area contributed by atoms with E-state index in [-0.39, 0.29) is 25.1 Å². The van der Waals surface area contributed by atoms with E-state index in [9.17, 15) is 38.9 Å². The molecule has 0 aromatic heterocycles. The number of amides is 5. The van der Waals surface area contributed by atoms with Gasteiger partial charge in [-0.15, -0.1) is 0 Å². The fourth-order valence-electron chi connectivity index (χ4n) is 4.32. The summed E-state index contributed by atoms with van der Waals surface area (Å²) in [4.78, 5) is 87.0. The Morgan fingerprint density at radius 2 is 1.70 bits per heavy atom. The third-order valence-corrected chi connectivity index (χ3v) is 7.36. The molecule has 1 heterocycles. The number of rotatable bonds is 15. The zero-order valence-electron chi connectivity index (χ0n) is 24.5. The van der Waals surface area contributed by atoms with Crippen molar-refractivity contribution >= 4 is 58.6 Å². The fraction of sp³-hybridized carbons (Fsp3) is 0.556. The number of non-ortho nitro benzene ring substituents is 1. The standard InChI is InChI=1S/C27H38N6O9S/c1-16(28-22(34)11-12-23(35)42-3)24(36)29-17(2)27(39)32-14-5-6-21(32)26(38)31-20(13-15-43-4)25(37)30-18-7-9-19(10-8-18)33(40)41/h7-10,16-17,20-21H,5-6,11-15H2,1-4H3,(H,28,34)(H,29,36)(H,30,37)(H,31,38)/t16-,17-,20+,21-/m1/s1. The molecule has 4 N–H and O–H groups in total. The van der Waals surface area contributed by atoms with Crippen LogP contribution in [0.15, 0.2) is 24.3 Å². The molecule has 0 bridgehead atoms. The SMILES string of the molecule is COC(=O)CCC(=O)N[C@H](C)C(=O)N[C@H](C)C(=O)N1CCC[C@@H]1C(=O)N[C@@H](CCSC)C(=O)Nc1ccc([N+](=O)[O-])cc1. The van der Waals surface area contributed by atoms with Crippen LogP contribution in [0.25, 0.3) is 0 Å². The molecular weight excluding hydrogens is 584 g/mol. The number of benzene rings is 1. The highest BCUT2D eigenvalue weighted by molar-refractivity contribution is 7.98. The van der Waals surface area contributed by atoms with Gasteiger partial charge in [0.25, 0.3) is 5.69 Å². The molecule has 43 heavy (non-hydrogen) atoms. The van der Waals surface area contributed by atoms with E-state index in [4.69, 9.17) is 0 Å². The number of likely N-dealkylation sites (tertiary alicyclic amines) is 1. The van der Waals surface area contributed by atoms with Crippen molar-refractivity contribution in [2.24, 2.45) is 0 Å². The number of methoxy groups -OCH3 is 1. The molecular formula is C27H38N6O9S. The number of hydrogen-bond acceptors (Lipinski definition) is 10. The van der Waals surface area contributed by atoms with E-state index in [0.717, 1.165) is 0 Å². The van der Waals surface area contributed by atoms with Gasteiger partial charge in [0.2, 0.25) is 29.5 Å². The van der Waals surface area contributed by atoms with Gasteiger partial charge in [0.05, 0.1) is 18.5 Å². The maximum atomic E-state index is 13.3. The van der Waals surface area contributed by atoms with E-state index in [1.54, 1.807) is 0 Å². The zero-order valence-corrected chi connectivity index (χ0v) is 25.4. The second kappa shape index (κ2) is 17.0. The lowest BCUT2D eigenvalue weighted by Gasteiger charge is -2.29. The second-order valence-corrected chi connectivity index (χ2v) is 10.9. The number of thioether (sulfide) groups is 1. The number of anilines is 1. The smallest absolute Gasteiger partial charge is 0.306 e. The van der Waals surface area contributed by atoms with E-state index >= 15 is 0 Å². The Kier molecular flexibility index (Phi) is 13.9. The van der Waals surface area contributed by atoms with Gasteiger partial charge < -0.3 is 30.9 Å². The molecule has 15 nitrogen and oxygen atoms in total. The van der Waals surface area contributed by atoms with Gasteiger partial charge in [0, 0.05) is 30.8 Å². The number of esters is 1. The molecule has 1 aliphatic heterocycles. The van der Waals surface area contributed by atoms with Crippen LogP contribution < -0.4 is 21.3 Å². The highest BCUT2D eigenvalue weighted by atomic mass is 32.2. The van der Waals surface area contributed by atoms with E-state index in [0.29, 0.717) is 30.7 Å². The Morgan fingerprint density at radius 1 is 1.02 bits per heavy atom. The van der Waals surface area contributed by atoms with E-state index in [1.165, 1.54) is 61.9 Å². The first-order chi connectivity index (χ1) is 20.4. The summed E-state index contributed by atoms with van der Waals surface area (Å²) < 4.78 is 4.48. The van der Waals surface area contributed by atoms with Crippen LogP contribution in [0.4, 0.5) is 11.4 Å². The van der Waals surface area contributed by atoms with Gasteiger partial charge in [-0.1, -0.05) is 0 Å². The van der Waals surface area contributed by atoms with Gasteiger partial charge in [-0.2, -0.15) is 11.8 Å². The number of ether oxygens (including phenoxy) is 1. The Hall–Kier alpha value is -4.21. The molecule has 0 spiro atoms. The summed E-state index contributed by atoms with van der Waals surface area (Å²) >= 11 is 1.49. The summed E-state index contributed by atoms with van der Waals surface area (Å²) in [6, 6.07) is 1.54. The highest BCUT2D eigenvalue weighted by Gasteiger charge is 2.38. The largest absolute Gasteiger partial charge is 0.469 e. The van der Waals surface area contributed by atoms with Crippen molar-refractivity contribution in [2.45, 2.75) is 70.1 Å². The number of carbonyl (C=O) groups excluding carboxylic acids is 6. The summed E-state index contributed by atoms with van der Waals surface area (Å²) in [6.45, 7) is 3.19. The first kappa shape index (κ1) is 35.0. The summed E-state index contributed by atoms with van der Waals surface area (Å²) in [5.74, 6) is -2.66. The molecule has 5 amide bonds. The predicted octanol–water partition coefficient (Wildman–Crippen LogP) is 0.725. The Morgan fingerprint density at radius 3 is 2.30 bits per heavy atom. The molecule has 0 unspecified atom stereocenters. The first-order valence-electron chi connectivity index (χ1n) is 13.7. The third-order valence-electron chi connectivity index (χ3n) is 6.71. The van der Waals surface area contributed by atoms with Gasteiger partial charge in [-0.3, -0.25) is 38.9 Å². The quantitative estimate of drug-likeness (QED) is 0.122. The van der Waals surface area contributed by atoms with Crippen molar-refractivity contribution in [3.05, 3.63) is 34.4 Å². The van der Waals surface area contributed by atoms with Crippen LogP contribution >= 0.6 is 11.8 Å². The van der Waals surface area contributed by atoms with Crippen LogP contribution in [0.1, 0.15) is 46.0 Å². The molecule has 0 aliphatic carbocycles. The lowest BCUT2D eigenvalue weighted by Crippen LogP contribution is -2.56. The second-order valence-electron chi connectivity index (χ2n) is 9.92. The van der Waals surface area contributed by atoms with E-state index < -0.39 is 64.6 Å². The number of carbonyl (C=O) groups is 6. The van der Waals surface area contributed by atoms with Crippen LogP contribution in [0, 0.1) is 10.1 Å². The minimum Gasteiger partial charge on any atom is -0.469 e. The van der Waals surface area contributed by atoms with E-state index in [2.05, 4.69) is 26.0 Å². The lowest BCUT2D eigenvalue weighted by atomic mass is 10.1. The highest BCUT2D eigenvalue weighted by Crippen LogP contribution is 2.20. The number of nitrogens with zero attached hydrogens (tertiary/aromatic N) is 2. The lowest BCUT2D eigenvalue weighted by molar-refractivity contribution is -0.384. The molecule has 1 fully saturated rings. The van der Waals surface area contributed by atoms with Crippen molar-refractivity contribution in [3.63, 3.8) is 0 Å². The Bertz CT molecular complexity index is 1200. The molecule has 0 radical (unpaired) electrons. The predicted molar refractivity (Wildman–Crippen MR) is 158 cm³/mol. The van der Waals surface area contributed by atoms with Crippen molar-refractivity contribution in [2.75, 3.05) is 31.0 Å². The molecule has 0 saturated carbocycles.